The fourth-order valence-corrected chi connectivity index (χ4v) is 6.80. The van der Waals surface area contributed by atoms with E-state index in [2.05, 4.69) is 74.6 Å². The second-order valence-electron chi connectivity index (χ2n) is 11.4. The number of piperazine rings is 1. The number of carbonyl (C=O) groups is 1. The summed E-state index contributed by atoms with van der Waals surface area (Å²) in [6.45, 7) is 9.15. The Hall–Kier alpha value is -3.43. The molecular weight excluding hydrogens is 646 g/mol. The Bertz CT molecular complexity index is 1610. The molecule has 0 spiro atoms. The van der Waals surface area contributed by atoms with E-state index in [0.29, 0.717) is 52.0 Å². The Morgan fingerprint density at radius 1 is 1.16 bits per heavy atom. The first-order valence-corrected chi connectivity index (χ1v) is 16.0. The maximum atomic E-state index is 12.8. The molecule has 1 aromatic heterocycles. The molecule has 0 bridgehead atoms. The summed E-state index contributed by atoms with van der Waals surface area (Å²) < 4.78 is 12.2. The van der Waals surface area contributed by atoms with Gasteiger partial charge in [0.1, 0.15) is 12.4 Å². The first kappa shape index (κ1) is 30.6. The predicted molar refractivity (Wildman–Crippen MR) is 174 cm³/mol. The molecule has 0 aliphatic carbocycles. The van der Waals surface area contributed by atoms with Crippen molar-refractivity contribution in [3.63, 3.8) is 0 Å². The average Bonchev–Trinajstić information content (AvgIpc) is 3.03. The van der Waals surface area contributed by atoms with Crippen LogP contribution in [0, 0.1) is 11.3 Å². The highest BCUT2D eigenvalue weighted by Gasteiger charge is 2.34. The van der Waals surface area contributed by atoms with Crippen molar-refractivity contribution < 1.29 is 14.3 Å². The van der Waals surface area contributed by atoms with Crippen molar-refractivity contribution in [1.29, 1.82) is 5.26 Å². The van der Waals surface area contributed by atoms with E-state index in [4.69, 9.17) is 31.0 Å². The minimum Gasteiger partial charge on any atom is -0.462 e. The van der Waals surface area contributed by atoms with Crippen LogP contribution in [0.15, 0.2) is 47.5 Å². The Morgan fingerprint density at radius 2 is 1.98 bits per heavy atom. The molecule has 0 unspecified atom stereocenters. The van der Waals surface area contributed by atoms with E-state index >= 15 is 0 Å². The number of hydrogen-bond donors (Lipinski definition) is 0. The summed E-state index contributed by atoms with van der Waals surface area (Å²) in [6, 6.07) is 14.6. The SMILES string of the molecule is C=C(Br)C(=O)N1CCN(c2nc(OC[C@@H]3COCCN3C)nc3c2CCN(c2cccc4cccc(Cl)c24)C3)C[C@@H]1CC#N. The van der Waals surface area contributed by atoms with Gasteiger partial charge in [-0.25, -0.2) is 0 Å². The van der Waals surface area contributed by atoms with Gasteiger partial charge in [-0.15, -0.1) is 0 Å². The standard InChI is InChI=1S/C32H35BrClN7O3/c1-21(33)31(42)41-14-13-40(17-23(41)9-11-35)30-25-10-12-39(28-8-4-6-22-5-3-7-26(34)29(22)28)18-27(25)36-32(37-30)44-20-24-19-43-16-15-38(24)2/h3-8,23-24H,1,9-10,12-20H2,2H3/t23-,24-/m0/s1. The largest absolute Gasteiger partial charge is 0.462 e. The summed E-state index contributed by atoms with van der Waals surface area (Å²) in [5.41, 5.74) is 3.04. The molecule has 3 aliphatic rings. The number of ether oxygens (including phenoxy) is 2. The van der Waals surface area contributed by atoms with Gasteiger partial charge in [-0.1, -0.05) is 42.4 Å². The lowest BCUT2D eigenvalue weighted by atomic mass is 10.0. The Balaban J connectivity index is 1.33. The number of hydrogen-bond acceptors (Lipinski definition) is 9. The van der Waals surface area contributed by atoms with Crippen molar-refractivity contribution in [2.24, 2.45) is 0 Å². The van der Waals surface area contributed by atoms with Crippen LogP contribution < -0.4 is 14.5 Å². The first-order valence-electron chi connectivity index (χ1n) is 14.8. The Labute approximate surface area is 270 Å². The molecule has 3 aromatic rings. The number of morpholine rings is 1. The van der Waals surface area contributed by atoms with Gasteiger partial charge in [0, 0.05) is 49.4 Å². The van der Waals surface area contributed by atoms with Crippen molar-refractivity contribution in [3.05, 3.63) is 63.7 Å². The summed E-state index contributed by atoms with van der Waals surface area (Å²) in [7, 11) is 2.07. The molecule has 3 aliphatic heterocycles. The first-order chi connectivity index (χ1) is 21.3. The molecule has 12 heteroatoms. The lowest BCUT2D eigenvalue weighted by molar-refractivity contribution is -0.128. The predicted octanol–water partition coefficient (Wildman–Crippen LogP) is 4.39. The van der Waals surface area contributed by atoms with Gasteiger partial charge in [0.05, 0.1) is 59.5 Å². The molecule has 10 nitrogen and oxygen atoms in total. The zero-order chi connectivity index (χ0) is 30.8. The van der Waals surface area contributed by atoms with E-state index in [9.17, 15) is 10.1 Å². The number of anilines is 2. The van der Waals surface area contributed by atoms with Crippen LogP contribution in [-0.2, 0) is 22.5 Å². The van der Waals surface area contributed by atoms with Crippen LogP contribution in [0.5, 0.6) is 6.01 Å². The smallest absolute Gasteiger partial charge is 0.318 e. The maximum Gasteiger partial charge on any atom is 0.318 e. The fraction of sp³-hybridized carbons (Fsp3) is 0.438. The van der Waals surface area contributed by atoms with Crippen molar-refractivity contribution in [3.8, 4) is 12.1 Å². The molecule has 44 heavy (non-hydrogen) atoms. The van der Waals surface area contributed by atoms with Gasteiger partial charge < -0.3 is 24.2 Å². The van der Waals surface area contributed by atoms with Crippen molar-refractivity contribution in [2.75, 3.05) is 69.4 Å². The topological polar surface area (TPSA) is 98.1 Å². The summed E-state index contributed by atoms with van der Waals surface area (Å²) in [6.07, 6.45) is 0.939. The van der Waals surface area contributed by atoms with E-state index < -0.39 is 0 Å². The summed E-state index contributed by atoms with van der Waals surface area (Å²) >= 11 is 9.93. The lowest BCUT2D eigenvalue weighted by Gasteiger charge is -2.42. The molecule has 4 heterocycles. The highest BCUT2D eigenvalue weighted by molar-refractivity contribution is 9.12. The van der Waals surface area contributed by atoms with Gasteiger partial charge in [0.2, 0.25) is 0 Å². The number of benzene rings is 2. The molecular formula is C32H35BrClN7O3. The van der Waals surface area contributed by atoms with E-state index in [1.54, 1.807) is 4.90 Å². The summed E-state index contributed by atoms with van der Waals surface area (Å²) in [5.74, 6) is 0.614. The number of carbonyl (C=O) groups excluding carboxylic acids is 1. The van der Waals surface area contributed by atoms with Crippen molar-refractivity contribution >= 4 is 55.7 Å². The van der Waals surface area contributed by atoms with Crippen LogP contribution in [0.3, 0.4) is 0 Å². The highest BCUT2D eigenvalue weighted by Crippen LogP contribution is 2.37. The van der Waals surface area contributed by atoms with Crippen LogP contribution in [-0.4, -0.2) is 97.4 Å². The van der Waals surface area contributed by atoms with Gasteiger partial charge in [0.25, 0.3) is 5.91 Å². The monoisotopic (exact) mass is 679 g/mol. The Kier molecular flexibility index (Phi) is 9.23. The number of nitrogens with zero attached hydrogens (tertiary/aromatic N) is 7. The molecule has 6 rings (SSSR count). The zero-order valence-corrected chi connectivity index (χ0v) is 27.1. The zero-order valence-electron chi connectivity index (χ0n) is 24.7. The molecule has 2 aromatic carbocycles. The molecule has 0 radical (unpaired) electrons. The molecule has 2 atom stereocenters. The summed E-state index contributed by atoms with van der Waals surface area (Å²) in [5, 5.41) is 12.4. The minimum absolute atomic E-state index is 0.105. The fourth-order valence-electron chi connectivity index (χ4n) is 6.29. The molecule has 2 fully saturated rings. The molecule has 230 valence electrons. The van der Waals surface area contributed by atoms with Crippen LogP contribution in [0.4, 0.5) is 11.5 Å². The Morgan fingerprint density at radius 3 is 2.75 bits per heavy atom. The quantitative estimate of drug-likeness (QED) is 0.337. The molecule has 2 saturated heterocycles. The molecule has 0 saturated carbocycles. The van der Waals surface area contributed by atoms with Crippen molar-refractivity contribution in [2.45, 2.75) is 31.5 Å². The van der Waals surface area contributed by atoms with E-state index in [1.807, 2.05) is 12.1 Å². The molecule has 1 amide bonds. The molecule has 0 N–H and O–H groups in total. The average molecular weight is 681 g/mol. The van der Waals surface area contributed by atoms with Crippen LogP contribution in [0.1, 0.15) is 17.7 Å². The third-order valence-electron chi connectivity index (χ3n) is 8.72. The third kappa shape index (κ3) is 6.22. The number of halogens is 2. The van der Waals surface area contributed by atoms with Gasteiger partial charge >= 0.3 is 6.01 Å². The van der Waals surface area contributed by atoms with Crippen LogP contribution in [0.25, 0.3) is 10.8 Å². The minimum atomic E-state index is -0.295. The lowest BCUT2D eigenvalue weighted by Crippen LogP contribution is -2.55. The van der Waals surface area contributed by atoms with E-state index in [1.165, 1.54) is 0 Å². The number of nitriles is 1. The van der Waals surface area contributed by atoms with Gasteiger partial charge in [-0.3, -0.25) is 9.69 Å². The van der Waals surface area contributed by atoms with E-state index in [-0.39, 0.29) is 28.9 Å². The third-order valence-corrected chi connectivity index (χ3v) is 9.38. The van der Waals surface area contributed by atoms with Crippen molar-refractivity contribution in [1.82, 2.24) is 19.8 Å². The number of rotatable bonds is 7. The highest BCUT2D eigenvalue weighted by atomic mass is 79.9. The maximum absolute atomic E-state index is 12.8. The number of likely N-dealkylation sites (N-methyl/N-ethyl adjacent to an activating group) is 1. The normalized spacial score (nSPS) is 20.7. The van der Waals surface area contributed by atoms with Crippen LogP contribution in [0.2, 0.25) is 5.02 Å². The van der Waals surface area contributed by atoms with Gasteiger partial charge in [-0.05, 0) is 46.9 Å². The number of aromatic nitrogens is 2. The number of amides is 1. The van der Waals surface area contributed by atoms with Crippen LogP contribution >= 0.6 is 27.5 Å². The summed E-state index contributed by atoms with van der Waals surface area (Å²) in [4.78, 5) is 31.2. The second kappa shape index (κ2) is 13.3. The second-order valence-corrected chi connectivity index (χ2v) is 12.8. The van der Waals surface area contributed by atoms with Gasteiger partial charge in [0.15, 0.2) is 0 Å². The number of fused-ring (bicyclic) bond motifs is 2. The van der Waals surface area contributed by atoms with Gasteiger partial charge in [-0.2, -0.15) is 15.2 Å². The van der Waals surface area contributed by atoms with E-state index in [0.717, 1.165) is 58.1 Å².